The maximum atomic E-state index is 12.5. The fraction of sp³-hybridized carbons (Fsp3) is 0.133. The lowest BCUT2D eigenvalue weighted by Crippen LogP contribution is -2.33. The van der Waals surface area contributed by atoms with Crippen LogP contribution in [0.25, 0.3) is 11.6 Å². The SMILES string of the molecule is C=CCn1c(=O)/c(=C/c2ccc(C)s2)s/c1=C(/C#N)C(N)=O. The van der Waals surface area contributed by atoms with Crippen molar-refractivity contribution in [3.05, 3.63) is 54.1 Å². The maximum absolute atomic E-state index is 12.5. The first-order chi connectivity index (χ1) is 10.5. The smallest absolute Gasteiger partial charge is 0.269 e. The molecule has 2 aromatic heterocycles. The van der Waals surface area contributed by atoms with Crippen LogP contribution in [0.5, 0.6) is 0 Å². The molecule has 0 aromatic carbocycles. The highest BCUT2D eigenvalue weighted by molar-refractivity contribution is 7.13. The minimum absolute atomic E-state index is 0.209. The first-order valence-corrected chi connectivity index (χ1v) is 7.94. The Kier molecular flexibility index (Phi) is 4.75. The van der Waals surface area contributed by atoms with E-state index in [1.54, 1.807) is 23.5 Å². The first kappa shape index (κ1) is 15.9. The van der Waals surface area contributed by atoms with Gasteiger partial charge < -0.3 is 5.73 Å². The number of rotatable bonds is 4. The lowest BCUT2D eigenvalue weighted by atomic mass is 10.3. The van der Waals surface area contributed by atoms with E-state index >= 15 is 0 Å². The molecule has 2 rings (SSSR count). The molecule has 22 heavy (non-hydrogen) atoms. The highest BCUT2D eigenvalue weighted by atomic mass is 32.1. The van der Waals surface area contributed by atoms with Crippen molar-refractivity contribution in [1.82, 2.24) is 4.57 Å². The third-order valence-electron chi connectivity index (χ3n) is 2.83. The number of carbonyl (C=O) groups excluding carboxylic acids is 1. The van der Waals surface area contributed by atoms with E-state index in [2.05, 4.69) is 6.58 Å². The van der Waals surface area contributed by atoms with Gasteiger partial charge in [-0.3, -0.25) is 14.2 Å². The normalized spacial score (nSPS) is 12.8. The Hall–Kier alpha value is -2.43. The summed E-state index contributed by atoms with van der Waals surface area (Å²) >= 11 is 2.64. The topological polar surface area (TPSA) is 88.9 Å². The summed E-state index contributed by atoms with van der Waals surface area (Å²) in [7, 11) is 0. The van der Waals surface area contributed by atoms with E-state index < -0.39 is 5.91 Å². The lowest BCUT2D eigenvalue weighted by molar-refractivity contribution is -0.112. The Morgan fingerprint density at radius 2 is 2.23 bits per heavy atom. The molecule has 0 aliphatic heterocycles. The molecule has 0 saturated heterocycles. The van der Waals surface area contributed by atoms with Gasteiger partial charge in [-0.2, -0.15) is 5.26 Å². The molecule has 0 fully saturated rings. The molecule has 0 unspecified atom stereocenters. The molecule has 7 heteroatoms. The minimum Gasteiger partial charge on any atom is -0.365 e. The average Bonchev–Trinajstić information content (AvgIpc) is 2.99. The lowest BCUT2D eigenvalue weighted by Gasteiger charge is -1.96. The highest BCUT2D eigenvalue weighted by Crippen LogP contribution is 2.15. The second-order valence-electron chi connectivity index (χ2n) is 4.42. The second-order valence-corrected chi connectivity index (χ2v) is 6.77. The number of hydrogen-bond acceptors (Lipinski definition) is 5. The molecule has 0 spiro atoms. The Morgan fingerprint density at radius 1 is 1.50 bits per heavy atom. The Bertz CT molecular complexity index is 954. The van der Waals surface area contributed by atoms with E-state index in [1.807, 2.05) is 19.1 Å². The van der Waals surface area contributed by atoms with Crippen molar-refractivity contribution in [2.75, 3.05) is 0 Å². The number of carbonyl (C=O) groups is 1. The third-order valence-corrected chi connectivity index (χ3v) is 4.90. The fourth-order valence-electron chi connectivity index (χ4n) is 1.87. The van der Waals surface area contributed by atoms with Crippen LogP contribution in [-0.4, -0.2) is 10.5 Å². The first-order valence-electron chi connectivity index (χ1n) is 6.30. The Balaban J connectivity index is 2.84. The van der Waals surface area contributed by atoms with Crippen molar-refractivity contribution in [2.45, 2.75) is 13.5 Å². The second kappa shape index (κ2) is 6.56. The van der Waals surface area contributed by atoms with Crippen LogP contribution in [0.2, 0.25) is 0 Å². The number of thiazole rings is 1. The maximum Gasteiger partial charge on any atom is 0.269 e. The van der Waals surface area contributed by atoms with Crippen molar-refractivity contribution >= 4 is 40.2 Å². The van der Waals surface area contributed by atoms with Crippen LogP contribution in [-0.2, 0) is 11.3 Å². The van der Waals surface area contributed by atoms with E-state index in [0.717, 1.165) is 21.1 Å². The molecule has 0 bridgehead atoms. The summed E-state index contributed by atoms with van der Waals surface area (Å²) in [4.78, 5) is 25.9. The molecule has 112 valence electrons. The highest BCUT2D eigenvalue weighted by Gasteiger charge is 2.12. The van der Waals surface area contributed by atoms with E-state index in [4.69, 9.17) is 11.0 Å². The van der Waals surface area contributed by atoms with Gasteiger partial charge >= 0.3 is 0 Å². The van der Waals surface area contributed by atoms with Crippen LogP contribution in [0.15, 0.2) is 29.6 Å². The predicted molar refractivity (Wildman–Crippen MR) is 88.9 cm³/mol. The Labute approximate surface area is 134 Å². The molecule has 2 aromatic rings. The standard InChI is InChI=1S/C15H13N3O2S2/c1-3-6-18-14(20)12(7-10-5-4-9(2)21-10)22-15(18)11(8-16)13(17)19/h3-5,7H,1,6H2,2H3,(H2,17,19)/b12-7-,15-11-. The van der Waals surface area contributed by atoms with Gasteiger partial charge in [0.05, 0.1) is 4.53 Å². The molecular formula is C15H13N3O2S2. The molecule has 2 N–H and O–H groups in total. The summed E-state index contributed by atoms with van der Waals surface area (Å²) in [5.74, 6) is -0.847. The molecule has 0 aliphatic carbocycles. The molecule has 0 atom stereocenters. The molecule has 0 radical (unpaired) electrons. The van der Waals surface area contributed by atoms with Crippen molar-refractivity contribution in [2.24, 2.45) is 5.73 Å². The molecule has 0 aliphatic rings. The number of allylic oxidation sites excluding steroid dienone is 1. The predicted octanol–water partition coefficient (Wildman–Crippen LogP) is 0.454. The van der Waals surface area contributed by atoms with Gasteiger partial charge in [0.25, 0.3) is 11.5 Å². The van der Waals surface area contributed by atoms with Crippen LogP contribution in [0.4, 0.5) is 0 Å². The summed E-state index contributed by atoms with van der Waals surface area (Å²) in [6.07, 6.45) is 3.29. The summed E-state index contributed by atoms with van der Waals surface area (Å²) < 4.78 is 2.06. The van der Waals surface area contributed by atoms with Gasteiger partial charge in [0.2, 0.25) is 0 Å². The molecule has 0 saturated carbocycles. The summed E-state index contributed by atoms with van der Waals surface area (Å²) in [5, 5.41) is 9.11. The van der Waals surface area contributed by atoms with Gasteiger partial charge in [-0.15, -0.1) is 29.3 Å². The molecule has 5 nitrogen and oxygen atoms in total. The number of nitriles is 1. The summed E-state index contributed by atoms with van der Waals surface area (Å²) in [6.45, 7) is 5.78. The van der Waals surface area contributed by atoms with Gasteiger partial charge in [-0.25, -0.2) is 0 Å². The van der Waals surface area contributed by atoms with Gasteiger partial charge in [0, 0.05) is 16.3 Å². The van der Waals surface area contributed by atoms with Crippen LogP contribution < -0.4 is 20.5 Å². The number of nitrogens with zero attached hydrogens (tertiary/aromatic N) is 2. The number of aryl methyl sites for hydroxylation is 1. The molecule has 1 amide bonds. The summed E-state index contributed by atoms with van der Waals surface area (Å²) in [6, 6.07) is 5.65. The average molecular weight is 331 g/mol. The van der Waals surface area contributed by atoms with Gasteiger partial charge in [0.15, 0.2) is 5.57 Å². The Morgan fingerprint density at radius 3 is 2.73 bits per heavy atom. The van der Waals surface area contributed by atoms with Gasteiger partial charge in [-0.05, 0) is 25.1 Å². The molecular weight excluding hydrogens is 318 g/mol. The van der Waals surface area contributed by atoms with Gasteiger partial charge in [-0.1, -0.05) is 6.08 Å². The zero-order valence-electron chi connectivity index (χ0n) is 11.8. The van der Waals surface area contributed by atoms with Gasteiger partial charge in [0.1, 0.15) is 10.7 Å². The minimum atomic E-state index is -0.847. The van der Waals surface area contributed by atoms with E-state index in [0.29, 0.717) is 4.53 Å². The fourth-order valence-corrected chi connectivity index (χ4v) is 3.87. The molecule has 2 heterocycles. The quantitative estimate of drug-likeness (QED) is 0.825. The van der Waals surface area contributed by atoms with E-state index in [-0.39, 0.29) is 22.3 Å². The largest absolute Gasteiger partial charge is 0.365 e. The third kappa shape index (κ3) is 3.08. The number of primary amides is 1. The zero-order valence-corrected chi connectivity index (χ0v) is 13.5. The summed E-state index contributed by atoms with van der Waals surface area (Å²) in [5.41, 5.74) is 4.74. The van der Waals surface area contributed by atoms with Crippen molar-refractivity contribution < 1.29 is 4.79 Å². The van der Waals surface area contributed by atoms with E-state index in [9.17, 15) is 9.59 Å². The zero-order chi connectivity index (χ0) is 16.3. The number of aromatic nitrogens is 1. The number of thiophene rings is 1. The van der Waals surface area contributed by atoms with Crippen LogP contribution >= 0.6 is 22.7 Å². The number of nitrogens with two attached hydrogens (primary N) is 1. The van der Waals surface area contributed by atoms with E-state index in [1.165, 1.54) is 10.6 Å². The van der Waals surface area contributed by atoms with Crippen LogP contribution in [0, 0.1) is 18.3 Å². The van der Waals surface area contributed by atoms with Crippen LogP contribution in [0.1, 0.15) is 9.75 Å². The van der Waals surface area contributed by atoms with Crippen molar-refractivity contribution in [3.63, 3.8) is 0 Å². The monoisotopic (exact) mass is 331 g/mol. The van der Waals surface area contributed by atoms with Crippen LogP contribution in [0.3, 0.4) is 0 Å². The van der Waals surface area contributed by atoms with Crippen molar-refractivity contribution in [3.8, 4) is 6.07 Å². The number of hydrogen-bond donors (Lipinski definition) is 1. The number of amides is 1. The van der Waals surface area contributed by atoms with Crippen molar-refractivity contribution in [1.29, 1.82) is 5.26 Å².